The quantitative estimate of drug-likeness (QED) is 0.863. The van der Waals surface area contributed by atoms with E-state index in [0.29, 0.717) is 43.5 Å². The molecule has 0 atom stereocenters. The van der Waals surface area contributed by atoms with Gasteiger partial charge in [0, 0.05) is 25.6 Å². The summed E-state index contributed by atoms with van der Waals surface area (Å²) >= 11 is 0. The van der Waals surface area contributed by atoms with Crippen molar-refractivity contribution in [2.45, 2.75) is 26.2 Å². The number of carbonyl (C=O) groups excluding carboxylic acids is 1. The van der Waals surface area contributed by atoms with Gasteiger partial charge in [0.15, 0.2) is 5.69 Å². The van der Waals surface area contributed by atoms with Gasteiger partial charge < -0.3 is 15.4 Å². The minimum atomic E-state index is -0.132. The first-order valence-corrected chi connectivity index (χ1v) is 6.59. The molecule has 1 aromatic heterocycles. The van der Waals surface area contributed by atoms with E-state index in [1.807, 2.05) is 13.8 Å². The minimum absolute atomic E-state index is 0.132. The number of aromatic nitrogens is 2. The Balaban J connectivity index is 2.24. The Bertz CT molecular complexity index is 454. The standard InChI is InChI=1S/C13H20N4O2/c1-9(2)12-15-8-10(14)11(16-12)13(18)17-4-3-6-19-7-5-17/h8-9H,3-7,14H2,1-2H3. The van der Waals surface area contributed by atoms with E-state index in [1.165, 1.54) is 6.20 Å². The molecule has 2 N–H and O–H groups in total. The fourth-order valence-corrected chi connectivity index (χ4v) is 1.95. The number of anilines is 1. The second kappa shape index (κ2) is 5.97. The van der Waals surface area contributed by atoms with Crippen LogP contribution in [0.15, 0.2) is 6.20 Å². The lowest BCUT2D eigenvalue weighted by Crippen LogP contribution is -2.34. The molecule has 19 heavy (non-hydrogen) atoms. The second-order valence-corrected chi connectivity index (χ2v) is 4.94. The topological polar surface area (TPSA) is 81.3 Å². The van der Waals surface area contributed by atoms with Crippen molar-refractivity contribution in [1.82, 2.24) is 14.9 Å². The predicted octanol–water partition coefficient (Wildman–Crippen LogP) is 1.04. The summed E-state index contributed by atoms with van der Waals surface area (Å²) < 4.78 is 5.35. The smallest absolute Gasteiger partial charge is 0.274 e. The molecule has 0 aliphatic carbocycles. The fraction of sp³-hybridized carbons (Fsp3) is 0.615. The fourth-order valence-electron chi connectivity index (χ4n) is 1.95. The molecule has 0 bridgehead atoms. The van der Waals surface area contributed by atoms with Crippen LogP contribution in [0.2, 0.25) is 0 Å². The molecule has 0 aromatic carbocycles. The molecule has 1 aliphatic rings. The van der Waals surface area contributed by atoms with Crippen LogP contribution in [-0.2, 0) is 4.74 Å². The Hall–Kier alpha value is -1.69. The third-order valence-corrected chi connectivity index (χ3v) is 3.06. The van der Waals surface area contributed by atoms with Crippen molar-refractivity contribution in [3.8, 4) is 0 Å². The van der Waals surface area contributed by atoms with Gasteiger partial charge >= 0.3 is 0 Å². The zero-order valence-corrected chi connectivity index (χ0v) is 11.4. The Morgan fingerprint density at radius 3 is 2.95 bits per heavy atom. The molecule has 1 aliphatic heterocycles. The number of nitrogens with two attached hydrogens (primary N) is 1. The van der Waals surface area contributed by atoms with Crippen molar-refractivity contribution in [3.05, 3.63) is 17.7 Å². The number of nitrogens with zero attached hydrogens (tertiary/aromatic N) is 3. The van der Waals surface area contributed by atoms with E-state index in [1.54, 1.807) is 4.90 Å². The van der Waals surface area contributed by atoms with E-state index >= 15 is 0 Å². The van der Waals surface area contributed by atoms with Crippen LogP contribution < -0.4 is 5.73 Å². The Morgan fingerprint density at radius 1 is 1.42 bits per heavy atom. The third-order valence-electron chi connectivity index (χ3n) is 3.06. The van der Waals surface area contributed by atoms with Gasteiger partial charge in [-0.3, -0.25) is 4.79 Å². The van der Waals surface area contributed by atoms with E-state index in [-0.39, 0.29) is 11.8 Å². The first kappa shape index (κ1) is 13.7. The number of rotatable bonds is 2. The highest BCUT2D eigenvalue weighted by Gasteiger charge is 2.22. The summed E-state index contributed by atoms with van der Waals surface area (Å²) in [7, 11) is 0. The summed E-state index contributed by atoms with van der Waals surface area (Å²) in [6, 6.07) is 0. The van der Waals surface area contributed by atoms with E-state index in [0.717, 1.165) is 6.42 Å². The first-order chi connectivity index (χ1) is 9.09. The van der Waals surface area contributed by atoms with Gasteiger partial charge in [-0.15, -0.1) is 0 Å². The van der Waals surface area contributed by atoms with E-state index in [2.05, 4.69) is 9.97 Å². The van der Waals surface area contributed by atoms with Gasteiger partial charge in [-0.05, 0) is 6.42 Å². The summed E-state index contributed by atoms with van der Waals surface area (Å²) in [5.74, 6) is 0.676. The van der Waals surface area contributed by atoms with E-state index in [9.17, 15) is 4.79 Å². The van der Waals surface area contributed by atoms with E-state index < -0.39 is 0 Å². The molecule has 0 spiro atoms. The molecule has 2 heterocycles. The highest BCUT2D eigenvalue weighted by atomic mass is 16.5. The highest BCUT2D eigenvalue weighted by Crippen LogP contribution is 2.16. The minimum Gasteiger partial charge on any atom is -0.396 e. The second-order valence-electron chi connectivity index (χ2n) is 4.94. The van der Waals surface area contributed by atoms with Crippen molar-refractivity contribution in [3.63, 3.8) is 0 Å². The molecule has 6 nitrogen and oxygen atoms in total. The van der Waals surface area contributed by atoms with Gasteiger partial charge in [-0.25, -0.2) is 9.97 Å². The van der Waals surface area contributed by atoms with Crippen molar-refractivity contribution in [1.29, 1.82) is 0 Å². The van der Waals surface area contributed by atoms with Gasteiger partial charge in [0.1, 0.15) is 5.82 Å². The molecule has 104 valence electrons. The lowest BCUT2D eigenvalue weighted by atomic mass is 10.2. The van der Waals surface area contributed by atoms with E-state index in [4.69, 9.17) is 10.5 Å². The van der Waals surface area contributed by atoms with Gasteiger partial charge in [-0.1, -0.05) is 13.8 Å². The zero-order chi connectivity index (χ0) is 13.8. The molecule has 1 aromatic rings. The SMILES string of the molecule is CC(C)c1ncc(N)c(C(=O)N2CCCOCC2)n1. The van der Waals surface area contributed by atoms with Crippen LogP contribution in [0.4, 0.5) is 5.69 Å². The monoisotopic (exact) mass is 264 g/mol. The van der Waals surface area contributed by atoms with Crippen LogP contribution in [0, 0.1) is 0 Å². The Labute approximate surface area is 113 Å². The summed E-state index contributed by atoms with van der Waals surface area (Å²) in [6.07, 6.45) is 2.36. The average molecular weight is 264 g/mol. The van der Waals surface area contributed by atoms with Crippen LogP contribution in [0.3, 0.4) is 0 Å². The molecule has 0 radical (unpaired) electrons. The van der Waals surface area contributed by atoms with Crippen molar-refractivity contribution >= 4 is 11.6 Å². The summed E-state index contributed by atoms with van der Waals surface area (Å²) in [4.78, 5) is 22.7. The van der Waals surface area contributed by atoms with Crippen molar-refractivity contribution in [2.75, 3.05) is 32.0 Å². The Morgan fingerprint density at radius 2 is 2.21 bits per heavy atom. The number of hydrogen-bond donors (Lipinski definition) is 1. The largest absolute Gasteiger partial charge is 0.396 e. The molecule has 0 saturated carbocycles. The number of amides is 1. The van der Waals surface area contributed by atoms with Crippen LogP contribution in [0.5, 0.6) is 0 Å². The maximum absolute atomic E-state index is 12.4. The molecule has 1 fully saturated rings. The molecule has 1 saturated heterocycles. The van der Waals surface area contributed by atoms with Crippen molar-refractivity contribution in [2.24, 2.45) is 0 Å². The average Bonchev–Trinajstić information content (AvgIpc) is 2.67. The molecular formula is C13H20N4O2. The summed E-state index contributed by atoms with van der Waals surface area (Å²) in [6.45, 7) is 6.49. The normalized spacial score (nSPS) is 16.5. The molecular weight excluding hydrogens is 244 g/mol. The number of hydrogen-bond acceptors (Lipinski definition) is 5. The number of carbonyl (C=O) groups is 1. The number of ether oxygens (including phenoxy) is 1. The third kappa shape index (κ3) is 3.20. The first-order valence-electron chi connectivity index (χ1n) is 6.59. The van der Waals surface area contributed by atoms with Gasteiger partial charge in [0.05, 0.1) is 18.5 Å². The maximum atomic E-state index is 12.4. The van der Waals surface area contributed by atoms with Crippen molar-refractivity contribution < 1.29 is 9.53 Å². The zero-order valence-electron chi connectivity index (χ0n) is 11.4. The molecule has 6 heteroatoms. The lowest BCUT2D eigenvalue weighted by Gasteiger charge is -2.20. The maximum Gasteiger partial charge on any atom is 0.274 e. The van der Waals surface area contributed by atoms with Gasteiger partial charge in [0.25, 0.3) is 5.91 Å². The van der Waals surface area contributed by atoms with Crippen LogP contribution >= 0.6 is 0 Å². The lowest BCUT2D eigenvalue weighted by molar-refractivity contribution is 0.0736. The molecule has 2 rings (SSSR count). The summed E-state index contributed by atoms with van der Waals surface area (Å²) in [5.41, 5.74) is 6.47. The van der Waals surface area contributed by atoms with Gasteiger partial charge in [-0.2, -0.15) is 0 Å². The molecule has 1 amide bonds. The summed E-state index contributed by atoms with van der Waals surface area (Å²) in [5, 5.41) is 0. The van der Waals surface area contributed by atoms with Crippen LogP contribution in [0.25, 0.3) is 0 Å². The Kier molecular flexibility index (Phi) is 4.31. The number of nitrogen functional groups attached to an aromatic ring is 1. The highest BCUT2D eigenvalue weighted by molar-refractivity contribution is 5.97. The van der Waals surface area contributed by atoms with Gasteiger partial charge in [0.2, 0.25) is 0 Å². The van der Waals surface area contributed by atoms with Crippen LogP contribution in [0.1, 0.15) is 42.5 Å². The predicted molar refractivity (Wildman–Crippen MR) is 71.9 cm³/mol. The molecule has 0 unspecified atom stereocenters. The van der Waals surface area contributed by atoms with Crippen LogP contribution in [-0.4, -0.2) is 47.1 Å².